The van der Waals surface area contributed by atoms with Crippen LogP contribution in [0.1, 0.15) is 76.3 Å². The van der Waals surface area contributed by atoms with E-state index in [9.17, 15) is 5.11 Å². The molecule has 7 rings (SSSR count). The first-order valence-corrected chi connectivity index (χ1v) is 16.2. The van der Waals surface area contributed by atoms with Crippen LogP contribution in [0.2, 0.25) is 0 Å². The average Bonchev–Trinajstić information content (AvgIpc) is 3.35. The van der Waals surface area contributed by atoms with E-state index in [4.69, 9.17) is 4.98 Å². The van der Waals surface area contributed by atoms with Gasteiger partial charge in [0.2, 0.25) is 0 Å². The molecular formula is C36H46N4O. The van der Waals surface area contributed by atoms with Crippen LogP contribution < -0.4 is 5.32 Å². The fourth-order valence-electron chi connectivity index (χ4n) is 8.69. The van der Waals surface area contributed by atoms with Crippen molar-refractivity contribution in [3.8, 4) is 0 Å². The summed E-state index contributed by atoms with van der Waals surface area (Å²) in [6, 6.07) is 10.7. The zero-order chi connectivity index (χ0) is 27.7. The fourth-order valence-corrected chi connectivity index (χ4v) is 8.69. The van der Waals surface area contributed by atoms with Gasteiger partial charge in [-0.25, -0.2) is 0 Å². The highest BCUT2D eigenvalue weighted by atomic mass is 16.3. The molecule has 3 aromatic rings. The van der Waals surface area contributed by atoms with Gasteiger partial charge in [0.05, 0.1) is 16.8 Å². The number of benzene rings is 1. The van der Waals surface area contributed by atoms with Crippen molar-refractivity contribution in [1.82, 2.24) is 20.2 Å². The predicted molar refractivity (Wildman–Crippen MR) is 170 cm³/mol. The van der Waals surface area contributed by atoms with Crippen LogP contribution in [-0.2, 0) is 0 Å². The van der Waals surface area contributed by atoms with Gasteiger partial charge < -0.3 is 20.3 Å². The van der Waals surface area contributed by atoms with Crippen molar-refractivity contribution in [3.05, 3.63) is 72.6 Å². The number of rotatable bonds is 1. The number of aromatic amines is 1. The molecule has 1 aromatic carbocycles. The van der Waals surface area contributed by atoms with Crippen LogP contribution in [0.5, 0.6) is 0 Å². The lowest BCUT2D eigenvalue weighted by Crippen LogP contribution is -2.68. The summed E-state index contributed by atoms with van der Waals surface area (Å²) in [7, 11) is 0. The Morgan fingerprint density at radius 2 is 1.66 bits per heavy atom. The molecule has 2 aromatic heterocycles. The van der Waals surface area contributed by atoms with E-state index in [1.54, 1.807) is 0 Å². The largest absolute Gasteiger partial charge is 0.384 e. The number of allylic oxidation sites excluding steroid dienone is 5. The van der Waals surface area contributed by atoms with E-state index in [1.165, 1.54) is 35.6 Å². The molecule has 5 heteroatoms. The van der Waals surface area contributed by atoms with Gasteiger partial charge in [-0.3, -0.25) is 4.98 Å². The highest BCUT2D eigenvalue weighted by molar-refractivity contribution is 6.09. The normalized spacial score (nSPS) is 34.9. The van der Waals surface area contributed by atoms with E-state index in [-0.39, 0.29) is 11.5 Å². The molecule has 41 heavy (non-hydrogen) atoms. The highest BCUT2D eigenvalue weighted by Gasteiger charge is 2.58. The van der Waals surface area contributed by atoms with Crippen molar-refractivity contribution in [2.24, 2.45) is 11.3 Å². The Hall–Kier alpha value is -2.73. The number of pyridine rings is 1. The molecule has 0 amide bonds. The molecule has 0 saturated carbocycles. The maximum Gasteiger partial charge on any atom is 0.0995 e. The van der Waals surface area contributed by atoms with E-state index in [1.807, 2.05) is 6.20 Å². The van der Waals surface area contributed by atoms with Crippen molar-refractivity contribution < 1.29 is 5.11 Å². The zero-order valence-electron chi connectivity index (χ0n) is 24.5. The molecule has 2 unspecified atom stereocenters. The summed E-state index contributed by atoms with van der Waals surface area (Å²) in [5, 5.41) is 19.4. The third-order valence-electron chi connectivity index (χ3n) is 10.6. The summed E-state index contributed by atoms with van der Waals surface area (Å²) in [4.78, 5) is 11.6. The maximum atomic E-state index is 12.9. The number of H-pyrrole nitrogens is 1. The van der Waals surface area contributed by atoms with Gasteiger partial charge in [-0.15, -0.1) is 0 Å². The number of piperidine rings is 1. The van der Waals surface area contributed by atoms with Crippen LogP contribution in [-0.4, -0.2) is 57.8 Å². The first kappa shape index (κ1) is 27.1. The average molecular weight is 551 g/mol. The lowest BCUT2D eigenvalue weighted by molar-refractivity contribution is -0.0798. The lowest BCUT2D eigenvalue weighted by atomic mass is 9.53. The molecule has 5 nitrogen and oxygen atoms in total. The molecule has 3 N–H and O–H groups in total. The molecule has 0 radical (unpaired) electrons. The third kappa shape index (κ3) is 5.00. The highest BCUT2D eigenvalue weighted by Crippen LogP contribution is 2.56. The van der Waals surface area contributed by atoms with E-state index in [2.05, 4.69) is 75.9 Å². The number of aliphatic hydroxyl groups is 1. The van der Waals surface area contributed by atoms with Crippen molar-refractivity contribution >= 4 is 27.4 Å². The van der Waals surface area contributed by atoms with Gasteiger partial charge in [-0.1, -0.05) is 42.5 Å². The molecule has 3 bridgehead atoms. The van der Waals surface area contributed by atoms with Gasteiger partial charge in [-0.05, 0) is 120 Å². The summed E-state index contributed by atoms with van der Waals surface area (Å²) in [6.07, 6.45) is 25.8. The Labute approximate surface area is 244 Å². The number of nitrogens with one attached hydrogen (secondary N) is 2. The van der Waals surface area contributed by atoms with Crippen molar-refractivity contribution in [2.75, 3.05) is 26.2 Å². The minimum atomic E-state index is -0.944. The molecule has 216 valence electrons. The lowest BCUT2D eigenvalue weighted by Gasteiger charge is -2.60. The summed E-state index contributed by atoms with van der Waals surface area (Å²) in [6.45, 7) is 4.27. The van der Waals surface area contributed by atoms with Gasteiger partial charge in [0.25, 0.3) is 0 Å². The number of hydrogen-bond donors (Lipinski definition) is 3. The fraction of sp³-hybridized carbons (Fsp3) is 0.528. The van der Waals surface area contributed by atoms with Gasteiger partial charge in [0.1, 0.15) is 0 Å². The van der Waals surface area contributed by atoms with E-state index >= 15 is 0 Å². The molecule has 1 saturated heterocycles. The number of aromatic nitrogens is 2. The second-order valence-corrected chi connectivity index (χ2v) is 13.1. The summed E-state index contributed by atoms with van der Waals surface area (Å²) in [5.41, 5.74) is 3.55. The number of nitrogens with zero attached hydrogens (tertiary/aromatic N) is 2. The number of fused-ring (bicyclic) bond motifs is 4. The van der Waals surface area contributed by atoms with Crippen LogP contribution in [0.25, 0.3) is 27.4 Å². The SMILES string of the molecule is O[C@]12C=C(c3nccc4c3[nH]c3ccccc34)[C@@H]3CCN(CCCC/C=C\CC1)C[C@@]31CC/C=C\CCCCNC12. The molecule has 1 fully saturated rings. The van der Waals surface area contributed by atoms with Crippen LogP contribution in [0.3, 0.4) is 0 Å². The molecular weight excluding hydrogens is 504 g/mol. The Morgan fingerprint density at radius 1 is 0.854 bits per heavy atom. The smallest absolute Gasteiger partial charge is 0.0995 e. The molecule has 5 atom stereocenters. The van der Waals surface area contributed by atoms with Gasteiger partial charge >= 0.3 is 0 Å². The van der Waals surface area contributed by atoms with Crippen LogP contribution in [0.15, 0.2) is 66.9 Å². The Morgan fingerprint density at radius 3 is 2.56 bits per heavy atom. The van der Waals surface area contributed by atoms with Crippen LogP contribution >= 0.6 is 0 Å². The second-order valence-electron chi connectivity index (χ2n) is 13.1. The minimum absolute atomic E-state index is 0.0223. The number of para-hydroxylation sites is 1. The second kappa shape index (κ2) is 11.5. The topological polar surface area (TPSA) is 64.2 Å². The minimum Gasteiger partial charge on any atom is -0.384 e. The van der Waals surface area contributed by atoms with Gasteiger partial charge in [0.15, 0.2) is 0 Å². The first-order chi connectivity index (χ1) is 20.2. The first-order valence-electron chi connectivity index (χ1n) is 16.2. The Balaban J connectivity index is 1.44. The molecule has 4 aliphatic rings. The summed E-state index contributed by atoms with van der Waals surface area (Å²) >= 11 is 0. The van der Waals surface area contributed by atoms with Crippen LogP contribution in [0, 0.1) is 11.3 Å². The van der Waals surface area contributed by atoms with E-state index < -0.39 is 5.60 Å². The Kier molecular flexibility index (Phi) is 7.61. The van der Waals surface area contributed by atoms with Crippen molar-refractivity contribution in [2.45, 2.75) is 82.3 Å². The maximum absolute atomic E-state index is 12.9. The van der Waals surface area contributed by atoms with Crippen LogP contribution in [0.4, 0.5) is 0 Å². The number of hydrogen-bond acceptors (Lipinski definition) is 4. The van der Waals surface area contributed by atoms with Gasteiger partial charge in [-0.2, -0.15) is 0 Å². The van der Waals surface area contributed by atoms with Gasteiger partial charge in [0, 0.05) is 40.5 Å². The molecule has 1 aliphatic carbocycles. The van der Waals surface area contributed by atoms with E-state index in [0.717, 1.165) is 94.3 Å². The monoisotopic (exact) mass is 550 g/mol. The zero-order valence-corrected chi connectivity index (χ0v) is 24.5. The van der Waals surface area contributed by atoms with Crippen molar-refractivity contribution in [1.29, 1.82) is 0 Å². The Bertz CT molecular complexity index is 1470. The molecule has 1 spiro atoms. The van der Waals surface area contributed by atoms with E-state index in [0.29, 0.717) is 5.92 Å². The molecule has 5 heterocycles. The predicted octanol–water partition coefficient (Wildman–Crippen LogP) is 7.15. The summed E-state index contributed by atoms with van der Waals surface area (Å²) in [5.74, 6) is 0.343. The molecule has 3 aliphatic heterocycles. The van der Waals surface area contributed by atoms with Crippen molar-refractivity contribution in [3.63, 3.8) is 0 Å². The third-order valence-corrected chi connectivity index (χ3v) is 10.6. The quantitative estimate of drug-likeness (QED) is 0.282. The summed E-state index contributed by atoms with van der Waals surface area (Å²) < 4.78 is 0. The standard InChI is InChI=1S/C36H46N4O/c41-36-20-12-6-2-4-8-14-23-40-24-18-30(35(26-40)19-11-5-1-3-7-13-21-38-34(35)36)29(25-36)32-33-28(17-22-37-32)27-15-9-10-16-31(27)39-33/h1-2,5-6,9-10,15-17,22,25,30,34,38-39,41H,3-4,7-8,11-14,18-21,23-24,26H2/b5-1-,6-2-/t30-,34?,35-,36-/m0/s1.